The molecule has 0 aliphatic heterocycles. The second kappa shape index (κ2) is 6.96. The normalized spacial score (nSPS) is 15.5. The summed E-state index contributed by atoms with van der Waals surface area (Å²) in [6.07, 6.45) is 2.31. The molecule has 1 atom stereocenters. The van der Waals surface area contributed by atoms with Gasteiger partial charge in [-0.15, -0.1) is 10.2 Å². The molecule has 0 saturated carbocycles. The lowest BCUT2D eigenvalue weighted by molar-refractivity contribution is 0.100. The highest BCUT2D eigenvalue weighted by molar-refractivity contribution is 5.93. The van der Waals surface area contributed by atoms with Crippen LogP contribution in [0.25, 0.3) is 11.3 Å². The van der Waals surface area contributed by atoms with Gasteiger partial charge in [-0.25, -0.2) is 0 Å². The van der Waals surface area contributed by atoms with Gasteiger partial charge in [0.2, 0.25) is 5.91 Å². The smallest absolute Gasteiger partial charge is 0.248 e. The van der Waals surface area contributed by atoms with Gasteiger partial charge in [-0.1, -0.05) is 36.4 Å². The number of hydrogen-bond acceptors (Lipinski definition) is 4. The van der Waals surface area contributed by atoms with Gasteiger partial charge in [0.05, 0.1) is 5.69 Å². The SMILES string of the molecule is NC(=O)c1cccc(-c2ccc(NCC3CCc4ccccc43)nn2)c1. The largest absolute Gasteiger partial charge is 0.368 e. The lowest BCUT2D eigenvalue weighted by atomic mass is 10.0. The van der Waals surface area contributed by atoms with Crippen LogP contribution in [0.15, 0.2) is 60.7 Å². The van der Waals surface area contributed by atoms with Gasteiger partial charge in [0.1, 0.15) is 5.82 Å². The van der Waals surface area contributed by atoms with Crippen molar-refractivity contribution in [3.05, 3.63) is 77.4 Å². The summed E-state index contributed by atoms with van der Waals surface area (Å²) >= 11 is 0. The molecule has 3 N–H and O–H groups in total. The molecule has 0 bridgehead atoms. The number of amides is 1. The number of anilines is 1. The fourth-order valence-electron chi connectivity index (χ4n) is 3.50. The van der Waals surface area contributed by atoms with Crippen LogP contribution in [-0.2, 0) is 6.42 Å². The highest BCUT2D eigenvalue weighted by Crippen LogP contribution is 2.32. The lowest BCUT2D eigenvalue weighted by Crippen LogP contribution is -2.12. The molecule has 0 saturated heterocycles. The summed E-state index contributed by atoms with van der Waals surface area (Å²) in [7, 11) is 0. The van der Waals surface area contributed by atoms with Crippen LogP contribution >= 0.6 is 0 Å². The molecular weight excluding hydrogens is 324 g/mol. The number of carbonyl (C=O) groups excluding carboxylic acids is 1. The molecule has 1 amide bonds. The Morgan fingerprint density at radius 2 is 1.96 bits per heavy atom. The van der Waals surface area contributed by atoms with Crippen molar-refractivity contribution in [2.45, 2.75) is 18.8 Å². The topological polar surface area (TPSA) is 80.9 Å². The zero-order valence-corrected chi connectivity index (χ0v) is 14.4. The van der Waals surface area contributed by atoms with Gasteiger partial charge in [-0.2, -0.15) is 0 Å². The first-order valence-electron chi connectivity index (χ1n) is 8.76. The van der Waals surface area contributed by atoms with Crippen LogP contribution in [0.3, 0.4) is 0 Å². The highest BCUT2D eigenvalue weighted by atomic mass is 16.1. The molecular formula is C21H20N4O. The second-order valence-corrected chi connectivity index (χ2v) is 6.56. The summed E-state index contributed by atoms with van der Waals surface area (Å²) in [4.78, 5) is 11.3. The molecule has 0 spiro atoms. The first-order valence-corrected chi connectivity index (χ1v) is 8.76. The molecule has 1 heterocycles. The van der Waals surface area contributed by atoms with E-state index >= 15 is 0 Å². The van der Waals surface area contributed by atoms with Crippen LogP contribution in [0.5, 0.6) is 0 Å². The third kappa shape index (κ3) is 3.28. The number of benzene rings is 2. The Bertz CT molecular complexity index is 937. The monoisotopic (exact) mass is 344 g/mol. The maximum Gasteiger partial charge on any atom is 0.248 e. The summed E-state index contributed by atoms with van der Waals surface area (Å²) in [6, 6.07) is 19.6. The summed E-state index contributed by atoms with van der Waals surface area (Å²) < 4.78 is 0. The predicted octanol–water partition coefficient (Wildman–Crippen LogP) is 3.38. The standard InChI is InChI=1S/C21H20N4O/c22-21(26)16-6-3-5-15(12-16)19-10-11-20(25-24-19)23-13-17-9-8-14-4-1-2-7-18(14)17/h1-7,10-12,17H,8-9,13H2,(H2,22,26)(H,23,25). The third-order valence-electron chi connectivity index (χ3n) is 4.89. The van der Waals surface area contributed by atoms with E-state index in [2.05, 4.69) is 39.8 Å². The van der Waals surface area contributed by atoms with Crippen LogP contribution in [0, 0.1) is 0 Å². The molecule has 2 aromatic carbocycles. The second-order valence-electron chi connectivity index (χ2n) is 6.56. The maximum atomic E-state index is 11.3. The van der Waals surface area contributed by atoms with Gasteiger partial charge in [-0.3, -0.25) is 4.79 Å². The number of nitrogens with one attached hydrogen (secondary N) is 1. The number of aryl methyl sites for hydroxylation is 1. The third-order valence-corrected chi connectivity index (χ3v) is 4.89. The van der Waals surface area contributed by atoms with E-state index in [0.717, 1.165) is 30.8 Å². The van der Waals surface area contributed by atoms with Crippen molar-refractivity contribution in [1.29, 1.82) is 0 Å². The molecule has 130 valence electrons. The van der Waals surface area contributed by atoms with Crippen molar-refractivity contribution in [2.24, 2.45) is 5.73 Å². The first kappa shape index (κ1) is 16.3. The molecule has 0 radical (unpaired) electrons. The summed E-state index contributed by atoms with van der Waals surface area (Å²) in [5.74, 6) is 0.819. The Labute approximate surface area is 152 Å². The fourth-order valence-corrected chi connectivity index (χ4v) is 3.50. The number of aromatic nitrogens is 2. The predicted molar refractivity (Wildman–Crippen MR) is 102 cm³/mol. The number of hydrogen-bond donors (Lipinski definition) is 2. The number of carbonyl (C=O) groups is 1. The zero-order valence-electron chi connectivity index (χ0n) is 14.4. The molecule has 26 heavy (non-hydrogen) atoms. The number of nitrogens with zero attached hydrogens (tertiary/aromatic N) is 2. The van der Waals surface area contributed by atoms with Gasteiger partial charge >= 0.3 is 0 Å². The molecule has 1 aromatic heterocycles. The van der Waals surface area contributed by atoms with E-state index in [-0.39, 0.29) is 0 Å². The van der Waals surface area contributed by atoms with Crippen molar-refractivity contribution in [3.8, 4) is 11.3 Å². The Balaban J connectivity index is 1.44. The van der Waals surface area contributed by atoms with Crippen molar-refractivity contribution < 1.29 is 4.79 Å². The average Bonchev–Trinajstić information content (AvgIpc) is 3.10. The van der Waals surface area contributed by atoms with Gasteiger partial charge < -0.3 is 11.1 Å². The average molecular weight is 344 g/mol. The van der Waals surface area contributed by atoms with E-state index in [4.69, 9.17) is 5.73 Å². The number of rotatable bonds is 5. The van der Waals surface area contributed by atoms with Crippen molar-refractivity contribution in [3.63, 3.8) is 0 Å². The number of fused-ring (bicyclic) bond motifs is 1. The van der Waals surface area contributed by atoms with E-state index in [9.17, 15) is 4.79 Å². The van der Waals surface area contributed by atoms with E-state index in [0.29, 0.717) is 17.2 Å². The van der Waals surface area contributed by atoms with E-state index in [1.165, 1.54) is 11.1 Å². The number of nitrogens with two attached hydrogens (primary N) is 1. The first-order chi connectivity index (χ1) is 12.7. The molecule has 5 nitrogen and oxygen atoms in total. The van der Waals surface area contributed by atoms with Crippen LogP contribution in [0.2, 0.25) is 0 Å². The molecule has 1 unspecified atom stereocenters. The minimum absolute atomic E-state index is 0.449. The van der Waals surface area contributed by atoms with Crippen molar-refractivity contribution >= 4 is 11.7 Å². The minimum atomic E-state index is -0.449. The van der Waals surface area contributed by atoms with Gasteiger partial charge in [-0.05, 0) is 48.2 Å². The Kier molecular flexibility index (Phi) is 4.35. The highest BCUT2D eigenvalue weighted by Gasteiger charge is 2.21. The molecule has 5 heteroatoms. The molecule has 4 rings (SSSR count). The maximum absolute atomic E-state index is 11.3. The molecule has 3 aromatic rings. The zero-order chi connectivity index (χ0) is 17.9. The van der Waals surface area contributed by atoms with Crippen LogP contribution in [0.4, 0.5) is 5.82 Å². The summed E-state index contributed by atoms with van der Waals surface area (Å²) in [6.45, 7) is 0.849. The van der Waals surface area contributed by atoms with E-state index in [1.54, 1.807) is 18.2 Å². The molecule has 0 fully saturated rings. The van der Waals surface area contributed by atoms with E-state index in [1.807, 2.05) is 18.2 Å². The Morgan fingerprint density at radius 3 is 2.77 bits per heavy atom. The molecule has 1 aliphatic carbocycles. The van der Waals surface area contributed by atoms with Gasteiger partial charge in [0.25, 0.3) is 0 Å². The summed E-state index contributed by atoms with van der Waals surface area (Å²) in [5, 5.41) is 11.9. The number of primary amides is 1. The van der Waals surface area contributed by atoms with Crippen molar-refractivity contribution in [2.75, 3.05) is 11.9 Å². The lowest BCUT2D eigenvalue weighted by Gasteiger charge is -2.13. The van der Waals surface area contributed by atoms with Crippen LogP contribution in [0.1, 0.15) is 33.8 Å². The Hall–Kier alpha value is -3.21. The van der Waals surface area contributed by atoms with Crippen LogP contribution in [-0.4, -0.2) is 22.6 Å². The van der Waals surface area contributed by atoms with E-state index < -0.39 is 5.91 Å². The van der Waals surface area contributed by atoms with Gasteiger partial charge in [0, 0.05) is 23.6 Å². The molecule has 1 aliphatic rings. The summed E-state index contributed by atoms with van der Waals surface area (Å²) in [5.41, 5.74) is 10.2. The van der Waals surface area contributed by atoms with Crippen LogP contribution < -0.4 is 11.1 Å². The van der Waals surface area contributed by atoms with Gasteiger partial charge in [0.15, 0.2) is 0 Å². The fraction of sp³-hybridized carbons (Fsp3) is 0.190. The quantitative estimate of drug-likeness (QED) is 0.743. The minimum Gasteiger partial charge on any atom is -0.368 e. The Morgan fingerprint density at radius 1 is 1.08 bits per heavy atom. The van der Waals surface area contributed by atoms with Crippen molar-refractivity contribution in [1.82, 2.24) is 10.2 Å².